The largest absolute Gasteiger partial charge is 0.385 e. The Morgan fingerprint density at radius 2 is 1.81 bits per heavy atom. The molecule has 3 aliphatic rings. The van der Waals surface area contributed by atoms with E-state index >= 15 is 0 Å². The highest BCUT2D eigenvalue weighted by Gasteiger charge is 2.43. The third-order valence-electron chi connectivity index (χ3n) is 8.67. The van der Waals surface area contributed by atoms with E-state index in [-0.39, 0.29) is 11.5 Å². The molecule has 2 N–H and O–H groups in total. The number of nitrogens with zero attached hydrogens (tertiary/aromatic N) is 4. The summed E-state index contributed by atoms with van der Waals surface area (Å²) in [6.45, 7) is 7.37. The number of rotatable bonds is 8. The summed E-state index contributed by atoms with van der Waals surface area (Å²) in [5, 5.41) is 1.13. The number of nitrogens with two attached hydrogens (primary N) is 1. The fourth-order valence-corrected chi connectivity index (χ4v) is 5.77. The Hall–Kier alpha value is -2.70. The molecule has 0 amide bonds. The first-order valence-electron chi connectivity index (χ1n) is 13.7. The molecule has 2 aromatic carbocycles. The molecule has 0 spiro atoms. The molecular weight excluding hydrogens is 446 g/mol. The van der Waals surface area contributed by atoms with Crippen LogP contribution in [0.15, 0.2) is 42.5 Å². The fraction of sp³-hybridized carbons (Fsp3) is 0.533. The van der Waals surface area contributed by atoms with Crippen LogP contribution in [0.1, 0.15) is 74.4 Å². The molecular formula is C30H39N5O. The summed E-state index contributed by atoms with van der Waals surface area (Å²) in [4.78, 5) is 15.3. The summed E-state index contributed by atoms with van der Waals surface area (Å²) < 4.78 is 5.26. The van der Waals surface area contributed by atoms with E-state index in [0.717, 1.165) is 60.5 Å². The average Bonchev–Trinajstić information content (AvgIpc) is 3.64. The van der Waals surface area contributed by atoms with Gasteiger partial charge >= 0.3 is 0 Å². The molecule has 6 heteroatoms. The Balaban J connectivity index is 1.29. The zero-order chi connectivity index (χ0) is 24.7. The summed E-state index contributed by atoms with van der Waals surface area (Å²) in [6.07, 6.45) is 6.76. The van der Waals surface area contributed by atoms with Crippen molar-refractivity contribution in [3.63, 3.8) is 0 Å². The lowest BCUT2D eigenvalue weighted by atomic mass is 9.87. The minimum atomic E-state index is -0.0495. The number of benzene rings is 2. The second-order valence-corrected chi connectivity index (χ2v) is 11.3. The molecule has 0 radical (unpaired) electrons. The van der Waals surface area contributed by atoms with Gasteiger partial charge in [0.25, 0.3) is 0 Å². The first-order chi connectivity index (χ1) is 17.6. The number of ether oxygens (including phenoxy) is 1. The molecule has 3 fully saturated rings. The van der Waals surface area contributed by atoms with E-state index in [2.05, 4.69) is 59.2 Å². The number of para-hydroxylation sites is 1. The quantitative estimate of drug-likeness (QED) is 0.466. The minimum absolute atomic E-state index is 0.0495. The van der Waals surface area contributed by atoms with Gasteiger partial charge in [0.2, 0.25) is 0 Å². The van der Waals surface area contributed by atoms with Crippen LogP contribution in [0, 0.1) is 0 Å². The highest BCUT2D eigenvalue weighted by molar-refractivity contribution is 5.90. The van der Waals surface area contributed by atoms with Crippen LogP contribution < -0.4 is 15.5 Å². The van der Waals surface area contributed by atoms with E-state index in [0.29, 0.717) is 12.5 Å². The van der Waals surface area contributed by atoms with E-state index in [1.807, 2.05) is 0 Å². The molecule has 36 heavy (non-hydrogen) atoms. The van der Waals surface area contributed by atoms with Crippen LogP contribution in [0.5, 0.6) is 0 Å². The van der Waals surface area contributed by atoms with Crippen LogP contribution in [0.2, 0.25) is 0 Å². The monoisotopic (exact) mass is 485 g/mol. The van der Waals surface area contributed by atoms with Crippen molar-refractivity contribution in [3.05, 3.63) is 59.4 Å². The van der Waals surface area contributed by atoms with E-state index < -0.39 is 0 Å². The maximum absolute atomic E-state index is 6.51. The van der Waals surface area contributed by atoms with Gasteiger partial charge in [-0.25, -0.2) is 9.97 Å². The van der Waals surface area contributed by atoms with Gasteiger partial charge in [0.15, 0.2) is 0 Å². The van der Waals surface area contributed by atoms with Crippen LogP contribution in [-0.2, 0) is 10.2 Å². The topological polar surface area (TPSA) is 67.5 Å². The molecule has 2 aliphatic heterocycles. The predicted octanol–water partition coefficient (Wildman–Crippen LogP) is 5.31. The summed E-state index contributed by atoms with van der Waals surface area (Å²) in [5.41, 5.74) is 11.8. The Kier molecular flexibility index (Phi) is 6.34. The lowest BCUT2D eigenvalue weighted by molar-refractivity contribution is 0.188. The molecule has 1 atom stereocenters. The van der Waals surface area contributed by atoms with Crippen molar-refractivity contribution in [1.82, 2.24) is 9.97 Å². The molecule has 190 valence electrons. The lowest BCUT2D eigenvalue weighted by Crippen LogP contribution is -2.39. The van der Waals surface area contributed by atoms with Crippen molar-refractivity contribution < 1.29 is 4.74 Å². The average molecular weight is 486 g/mol. The molecule has 1 unspecified atom stereocenters. The number of anilines is 2. The normalized spacial score (nSPS) is 20.4. The maximum Gasteiger partial charge on any atom is 0.140 e. The second-order valence-electron chi connectivity index (χ2n) is 11.3. The van der Waals surface area contributed by atoms with Gasteiger partial charge in [-0.1, -0.05) is 31.2 Å². The fourth-order valence-electron chi connectivity index (χ4n) is 5.77. The first kappa shape index (κ1) is 23.7. The standard InChI is InChI=1S/C30H39N5O/c1-30(13-14-30)29-32-26-9-8-22(25(31)12-19-36-2)20-24(26)28(33-29)35-17-10-21(11-18-35)23-6-3-4-7-27(23)34-15-5-16-34/h3-4,6-9,20-21,25H,5,10-19,31H2,1-2H3. The maximum atomic E-state index is 6.51. The van der Waals surface area contributed by atoms with Gasteiger partial charge in [-0.15, -0.1) is 0 Å². The van der Waals surface area contributed by atoms with E-state index in [9.17, 15) is 0 Å². The number of hydrogen-bond acceptors (Lipinski definition) is 6. The lowest BCUT2D eigenvalue weighted by Gasteiger charge is -2.39. The molecule has 2 saturated heterocycles. The van der Waals surface area contributed by atoms with Crippen LogP contribution in [0.3, 0.4) is 0 Å². The second kappa shape index (κ2) is 9.64. The zero-order valence-corrected chi connectivity index (χ0v) is 21.7. The number of fused-ring (bicyclic) bond motifs is 1. The predicted molar refractivity (Wildman–Crippen MR) is 147 cm³/mol. The van der Waals surface area contributed by atoms with Crippen molar-refractivity contribution in [2.75, 3.05) is 49.7 Å². The van der Waals surface area contributed by atoms with Crippen LogP contribution in [0.25, 0.3) is 10.9 Å². The summed E-state index contributed by atoms with van der Waals surface area (Å²) in [7, 11) is 1.73. The van der Waals surface area contributed by atoms with Crippen molar-refractivity contribution >= 4 is 22.4 Å². The van der Waals surface area contributed by atoms with Gasteiger partial charge in [-0.2, -0.15) is 0 Å². The summed E-state index contributed by atoms with van der Waals surface area (Å²) in [6, 6.07) is 15.5. The molecule has 1 aromatic heterocycles. The van der Waals surface area contributed by atoms with Crippen molar-refractivity contribution in [2.24, 2.45) is 5.73 Å². The Morgan fingerprint density at radius 3 is 2.50 bits per heavy atom. The first-order valence-corrected chi connectivity index (χ1v) is 13.7. The molecule has 3 heterocycles. The Morgan fingerprint density at radius 1 is 1.03 bits per heavy atom. The Labute approximate surface area is 214 Å². The smallest absolute Gasteiger partial charge is 0.140 e. The van der Waals surface area contributed by atoms with Gasteiger partial charge in [0, 0.05) is 62.4 Å². The van der Waals surface area contributed by atoms with Gasteiger partial charge < -0.3 is 20.3 Å². The zero-order valence-electron chi connectivity index (χ0n) is 21.7. The molecule has 3 aromatic rings. The minimum Gasteiger partial charge on any atom is -0.385 e. The molecule has 1 saturated carbocycles. The number of methoxy groups -OCH3 is 1. The van der Waals surface area contributed by atoms with Crippen molar-refractivity contribution in [1.29, 1.82) is 0 Å². The van der Waals surface area contributed by atoms with E-state index in [1.165, 1.54) is 43.6 Å². The number of piperidine rings is 1. The SMILES string of the molecule is COCCC(N)c1ccc2nc(C3(C)CC3)nc(N3CCC(c4ccccc4N4CCC4)CC3)c2c1. The van der Waals surface area contributed by atoms with Crippen LogP contribution in [0.4, 0.5) is 11.5 Å². The highest BCUT2D eigenvalue weighted by Crippen LogP contribution is 2.47. The molecule has 6 rings (SSSR count). The number of hydrogen-bond donors (Lipinski definition) is 1. The summed E-state index contributed by atoms with van der Waals surface area (Å²) in [5.74, 6) is 2.70. The molecule has 1 aliphatic carbocycles. The van der Waals surface area contributed by atoms with Gasteiger partial charge in [0.1, 0.15) is 11.6 Å². The number of aromatic nitrogens is 2. The Bertz CT molecular complexity index is 1230. The van der Waals surface area contributed by atoms with Crippen molar-refractivity contribution in [2.45, 2.75) is 62.8 Å². The van der Waals surface area contributed by atoms with Crippen LogP contribution >= 0.6 is 0 Å². The molecule has 6 nitrogen and oxygen atoms in total. The van der Waals surface area contributed by atoms with Crippen molar-refractivity contribution in [3.8, 4) is 0 Å². The third-order valence-corrected chi connectivity index (χ3v) is 8.67. The van der Waals surface area contributed by atoms with Gasteiger partial charge in [-0.05, 0) is 73.8 Å². The van der Waals surface area contributed by atoms with E-state index in [1.54, 1.807) is 7.11 Å². The van der Waals surface area contributed by atoms with E-state index in [4.69, 9.17) is 20.4 Å². The van der Waals surface area contributed by atoms with Gasteiger partial charge in [-0.3, -0.25) is 0 Å². The summed E-state index contributed by atoms with van der Waals surface area (Å²) >= 11 is 0. The highest BCUT2D eigenvalue weighted by atomic mass is 16.5. The van der Waals surface area contributed by atoms with Crippen LogP contribution in [-0.4, -0.2) is 49.9 Å². The molecule has 0 bridgehead atoms. The van der Waals surface area contributed by atoms with Gasteiger partial charge in [0.05, 0.1) is 5.52 Å². The third kappa shape index (κ3) is 4.46.